The van der Waals surface area contributed by atoms with Gasteiger partial charge in [-0.05, 0) is 29.0 Å². The Morgan fingerprint density at radius 2 is 1.74 bits per heavy atom. The average Bonchev–Trinajstić information content (AvgIpc) is 2.90. The molecule has 0 spiro atoms. The van der Waals surface area contributed by atoms with Crippen LogP contribution in [0.2, 0.25) is 0 Å². The Labute approximate surface area is 141 Å². The van der Waals surface area contributed by atoms with Crippen LogP contribution >= 0.6 is 11.8 Å². The van der Waals surface area contributed by atoms with Gasteiger partial charge in [0.2, 0.25) is 0 Å². The zero-order valence-corrected chi connectivity index (χ0v) is 14.0. The molecule has 0 unspecified atom stereocenters. The maximum atomic E-state index is 12.5. The van der Waals surface area contributed by atoms with Crippen molar-refractivity contribution in [1.82, 2.24) is 5.32 Å². The van der Waals surface area contributed by atoms with E-state index in [0.29, 0.717) is 18.4 Å². The van der Waals surface area contributed by atoms with Crippen molar-refractivity contribution in [1.29, 1.82) is 0 Å². The number of hydrogen-bond donors (Lipinski definition) is 2. The van der Waals surface area contributed by atoms with E-state index >= 15 is 0 Å². The highest BCUT2D eigenvalue weighted by Crippen LogP contribution is 2.29. The quantitative estimate of drug-likeness (QED) is 0.830. The molecular formula is C19H21NO2S. The third kappa shape index (κ3) is 3.59. The lowest BCUT2D eigenvalue weighted by Gasteiger charge is -2.23. The van der Waals surface area contributed by atoms with Crippen molar-refractivity contribution in [3.8, 4) is 0 Å². The zero-order valence-electron chi connectivity index (χ0n) is 13.2. The topological polar surface area (TPSA) is 49.3 Å². The standard InChI is InChI=1S/C19H21NO2S/c1-2-23-17-10-6-5-9-16(17)18(21)20-13-19(22)11-14-7-3-4-8-15(14)12-19/h3-10,22H,2,11-13H2,1H3,(H,20,21). The van der Waals surface area contributed by atoms with Gasteiger partial charge in [0.05, 0.1) is 11.2 Å². The Morgan fingerprint density at radius 3 is 2.39 bits per heavy atom. The van der Waals surface area contributed by atoms with Gasteiger partial charge in [0, 0.05) is 24.3 Å². The largest absolute Gasteiger partial charge is 0.387 e. The number of benzene rings is 2. The molecule has 4 heteroatoms. The number of rotatable bonds is 5. The molecule has 0 atom stereocenters. The smallest absolute Gasteiger partial charge is 0.252 e. The van der Waals surface area contributed by atoms with Crippen molar-refractivity contribution in [2.45, 2.75) is 30.3 Å². The number of fused-ring (bicyclic) bond motifs is 1. The van der Waals surface area contributed by atoms with Crippen LogP contribution in [0.5, 0.6) is 0 Å². The summed E-state index contributed by atoms with van der Waals surface area (Å²) in [5, 5.41) is 13.7. The summed E-state index contributed by atoms with van der Waals surface area (Å²) in [7, 11) is 0. The fourth-order valence-electron chi connectivity index (χ4n) is 3.07. The molecule has 0 bridgehead atoms. The Hall–Kier alpha value is -1.78. The summed E-state index contributed by atoms with van der Waals surface area (Å²) in [5.74, 6) is 0.801. The molecule has 0 fully saturated rings. The average molecular weight is 327 g/mol. The van der Waals surface area contributed by atoms with Crippen LogP contribution < -0.4 is 5.32 Å². The van der Waals surface area contributed by atoms with E-state index in [-0.39, 0.29) is 12.5 Å². The molecule has 1 aliphatic rings. The molecule has 0 radical (unpaired) electrons. The van der Waals surface area contributed by atoms with Crippen LogP contribution in [-0.4, -0.2) is 28.9 Å². The first-order valence-corrected chi connectivity index (χ1v) is 8.89. The summed E-state index contributed by atoms with van der Waals surface area (Å²) in [6, 6.07) is 15.7. The summed E-state index contributed by atoms with van der Waals surface area (Å²) >= 11 is 1.65. The summed E-state index contributed by atoms with van der Waals surface area (Å²) in [6.45, 7) is 2.34. The Kier molecular flexibility index (Phi) is 4.74. The van der Waals surface area contributed by atoms with E-state index in [4.69, 9.17) is 0 Å². The van der Waals surface area contributed by atoms with Crippen molar-refractivity contribution in [2.24, 2.45) is 0 Å². The van der Waals surface area contributed by atoms with Crippen molar-refractivity contribution in [2.75, 3.05) is 12.3 Å². The van der Waals surface area contributed by atoms with Crippen LogP contribution in [0, 0.1) is 0 Å². The van der Waals surface area contributed by atoms with Gasteiger partial charge in [-0.1, -0.05) is 43.3 Å². The second kappa shape index (κ2) is 6.77. The monoisotopic (exact) mass is 327 g/mol. The van der Waals surface area contributed by atoms with E-state index in [1.807, 2.05) is 48.5 Å². The maximum Gasteiger partial charge on any atom is 0.252 e. The van der Waals surface area contributed by atoms with E-state index in [1.165, 1.54) is 11.1 Å². The lowest BCUT2D eigenvalue weighted by atomic mass is 10.0. The predicted octanol–water partition coefficient (Wildman–Crippen LogP) is 3.06. The third-order valence-corrected chi connectivity index (χ3v) is 5.12. The highest BCUT2D eigenvalue weighted by atomic mass is 32.2. The van der Waals surface area contributed by atoms with Gasteiger partial charge in [-0.3, -0.25) is 4.79 Å². The van der Waals surface area contributed by atoms with Gasteiger partial charge in [-0.25, -0.2) is 0 Å². The summed E-state index contributed by atoms with van der Waals surface area (Å²) in [4.78, 5) is 13.5. The fraction of sp³-hybridized carbons (Fsp3) is 0.316. The first-order chi connectivity index (χ1) is 11.1. The molecule has 0 saturated carbocycles. The Morgan fingerprint density at radius 1 is 1.13 bits per heavy atom. The summed E-state index contributed by atoms with van der Waals surface area (Å²) < 4.78 is 0. The molecular weight excluding hydrogens is 306 g/mol. The third-order valence-electron chi connectivity index (χ3n) is 4.17. The molecule has 0 aliphatic heterocycles. The van der Waals surface area contributed by atoms with Crippen molar-refractivity contribution in [3.05, 3.63) is 65.2 Å². The molecule has 0 aromatic heterocycles. The first kappa shape index (κ1) is 16.1. The van der Waals surface area contributed by atoms with E-state index in [0.717, 1.165) is 10.6 Å². The minimum Gasteiger partial charge on any atom is -0.387 e. The highest BCUT2D eigenvalue weighted by molar-refractivity contribution is 7.99. The minimum absolute atomic E-state index is 0.120. The summed E-state index contributed by atoms with van der Waals surface area (Å²) in [6.07, 6.45) is 1.18. The molecule has 0 heterocycles. The van der Waals surface area contributed by atoms with Crippen LogP contribution in [-0.2, 0) is 12.8 Å². The molecule has 3 nitrogen and oxygen atoms in total. The molecule has 3 rings (SSSR count). The molecule has 1 aliphatic carbocycles. The highest BCUT2D eigenvalue weighted by Gasteiger charge is 2.35. The van der Waals surface area contributed by atoms with Crippen LogP contribution in [0.4, 0.5) is 0 Å². The van der Waals surface area contributed by atoms with E-state index in [1.54, 1.807) is 11.8 Å². The van der Waals surface area contributed by atoms with E-state index in [9.17, 15) is 9.90 Å². The van der Waals surface area contributed by atoms with E-state index in [2.05, 4.69) is 12.2 Å². The Balaban J connectivity index is 1.66. The van der Waals surface area contributed by atoms with Gasteiger partial charge in [-0.15, -0.1) is 11.8 Å². The number of amides is 1. The van der Waals surface area contributed by atoms with Crippen LogP contribution in [0.1, 0.15) is 28.4 Å². The van der Waals surface area contributed by atoms with Gasteiger partial charge in [0.25, 0.3) is 5.91 Å². The molecule has 23 heavy (non-hydrogen) atoms. The van der Waals surface area contributed by atoms with Crippen molar-refractivity contribution < 1.29 is 9.90 Å². The van der Waals surface area contributed by atoms with Crippen molar-refractivity contribution >= 4 is 17.7 Å². The zero-order chi connectivity index (χ0) is 16.3. The summed E-state index contributed by atoms with van der Waals surface area (Å²) in [5.41, 5.74) is 2.14. The van der Waals surface area contributed by atoms with Gasteiger partial charge >= 0.3 is 0 Å². The minimum atomic E-state index is -0.883. The molecule has 0 saturated heterocycles. The lowest BCUT2D eigenvalue weighted by molar-refractivity contribution is 0.0479. The molecule has 2 aromatic carbocycles. The lowest BCUT2D eigenvalue weighted by Crippen LogP contribution is -2.43. The van der Waals surface area contributed by atoms with Gasteiger partial charge in [0.1, 0.15) is 0 Å². The van der Waals surface area contributed by atoms with Gasteiger partial charge in [-0.2, -0.15) is 0 Å². The predicted molar refractivity (Wildman–Crippen MR) is 94.0 cm³/mol. The maximum absolute atomic E-state index is 12.5. The van der Waals surface area contributed by atoms with Crippen LogP contribution in [0.25, 0.3) is 0 Å². The second-order valence-corrected chi connectivity index (χ2v) is 7.26. The SMILES string of the molecule is CCSc1ccccc1C(=O)NCC1(O)Cc2ccccc2C1. The van der Waals surface area contributed by atoms with Gasteiger partial charge < -0.3 is 10.4 Å². The molecule has 120 valence electrons. The normalized spacial score (nSPS) is 15.2. The number of nitrogens with one attached hydrogen (secondary N) is 1. The van der Waals surface area contributed by atoms with Gasteiger partial charge in [0.15, 0.2) is 0 Å². The fourth-order valence-corrected chi connectivity index (χ4v) is 3.88. The number of carbonyl (C=O) groups excluding carboxylic acids is 1. The molecule has 2 aromatic rings. The van der Waals surface area contributed by atoms with Crippen LogP contribution in [0.3, 0.4) is 0 Å². The van der Waals surface area contributed by atoms with E-state index < -0.39 is 5.60 Å². The Bertz CT molecular complexity index is 689. The molecule has 1 amide bonds. The second-order valence-electron chi connectivity index (χ2n) is 5.96. The van der Waals surface area contributed by atoms with Crippen LogP contribution in [0.15, 0.2) is 53.4 Å². The molecule has 2 N–H and O–H groups in total. The number of hydrogen-bond acceptors (Lipinski definition) is 3. The number of thioether (sulfide) groups is 1. The van der Waals surface area contributed by atoms with Crippen molar-refractivity contribution in [3.63, 3.8) is 0 Å². The number of aliphatic hydroxyl groups is 1. The first-order valence-electron chi connectivity index (χ1n) is 7.90. The number of carbonyl (C=O) groups is 1.